The van der Waals surface area contributed by atoms with E-state index >= 15 is 0 Å². The third-order valence-corrected chi connectivity index (χ3v) is 4.28. The number of pyridine rings is 1. The molecule has 1 heterocycles. The van der Waals surface area contributed by atoms with Crippen LogP contribution in [0.1, 0.15) is 30.4 Å². The van der Waals surface area contributed by atoms with Gasteiger partial charge in [-0.15, -0.1) is 0 Å². The highest BCUT2D eigenvalue weighted by molar-refractivity contribution is 5.82. The van der Waals surface area contributed by atoms with E-state index in [-0.39, 0.29) is 5.56 Å². The van der Waals surface area contributed by atoms with Crippen LogP contribution in [0.15, 0.2) is 65.6 Å². The molecule has 26 heavy (non-hydrogen) atoms. The molecule has 2 aromatic carbocycles. The number of hydrogen-bond donors (Lipinski definition) is 0. The summed E-state index contributed by atoms with van der Waals surface area (Å²) in [4.78, 5) is 12.7. The Kier molecular flexibility index (Phi) is 5.86. The summed E-state index contributed by atoms with van der Waals surface area (Å²) in [6.45, 7) is 0.639. The van der Waals surface area contributed by atoms with E-state index in [1.54, 1.807) is 4.57 Å². The summed E-state index contributed by atoms with van der Waals surface area (Å²) < 4.78 is 1.72. The number of unbranched alkanes of at least 4 members (excludes halogenated alkanes) is 2. The minimum Gasteiger partial charge on any atom is -0.315 e. The molecule has 0 bridgehead atoms. The van der Waals surface area contributed by atoms with Crippen LogP contribution in [0.3, 0.4) is 0 Å². The van der Waals surface area contributed by atoms with Crippen molar-refractivity contribution in [2.24, 2.45) is 0 Å². The first-order valence-electron chi connectivity index (χ1n) is 8.81. The number of nitriles is 1. The second-order valence-corrected chi connectivity index (χ2v) is 6.20. The molecule has 0 fully saturated rings. The number of benzene rings is 2. The molecule has 3 aromatic rings. The molecule has 3 nitrogen and oxygen atoms in total. The van der Waals surface area contributed by atoms with Crippen molar-refractivity contribution in [3.8, 4) is 17.9 Å². The molecule has 0 saturated carbocycles. The summed E-state index contributed by atoms with van der Waals surface area (Å²) in [7, 11) is 0. The van der Waals surface area contributed by atoms with Gasteiger partial charge in [0.25, 0.3) is 5.56 Å². The number of aromatic nitrogens is 1. The zero-order valence-electron chi connectivity index (χ0n) is 14.6. The Morgan fingerprint density at radius 1 is 1.00 bits per heavy atom. The summed E-state index contributed by atoms with van der Waals surface area (Å²) in [5, 5.41) is 10.2. The van der Waals surface area contributed by atoms with Crippen molar-refractivity contribution in [2.75, 3.05) is 0 Å². The Morgan fingerprint density at radius 3 is 2.65 bits per heavy atom. The zero-order chi connectivity index (χ0) is 18.2. The molecule has 0 spiro atoms. The molecule has 0 unspecified atom stereocenters. The molecule has 0 radical (unpaired) electrons. The predicted molar refractivity (Wildman–Crippen MR) is 105 cm³/mol. The van der Waals surface area contributed by atoms with Crippen LogP contribution in [0, 0.1) is 23.2 Å². The van der Waals surface area contributed by atoms with Gasteiger partial charge in [0.2, 0.25) is 0 Å². The lowest BCUT2D eigenvalue weighted by atomic mass is 10.1. The maximum absolute atomic E-state index is 12.7. The number of rotatable bonds is 5. The second kappa shape index (κ2) is 8.70. The second-order valence-electron chi connectivity index (χ2n) is 6.20. The number of hydrogen-bond acceptors (Lipinski definition) is 2. The molecular formula is C23H20N2O. The number of fused-ring (bicyclic) bond motifs is 1. The average molecular weight is 340 g/mol. The van der Waals surface area contributed by atoms with E-state index in [4.69, 9.17) is 5.26 Å². The molecule has 0 aliphatic heterocycles. The Hall–Kier alpha value is -3.30. The topological polar surface area (TPSA) is 45.8 Å². The van der Waals surface area contributed by atoms with Crippen LogP contribution in [0.5, 0.6) is 0 Å². The van der Waals surface area contributed by atoms with Gasteiger partial charge in [0.1, 0.15) is 0 Å². The van der Waals surface area contributed by atoms with Crippen LogP contribution in [-0.4, -0.2) is 4.57 Å². The highest BCUT2D eigenvalue weighted by Gasteiger charge is 2.03. The summed E-state index contributed by atoms with van der Waals surface area (Å²) in [6.07, 6.45) is 4.69. The lowest BCUT2D eigenvalue weighted by molar-refractivity contribution is 0.603. The van der Waals surface area contributed by atoms with Crippen LogP contribution in [0.4, 0.5) is 0 Å². The summed E-state index contributed by atoms with van der Waals surface area (Å²) in [5.41, 5.74) is 2.04. The van der Waals surface area contributed by atoms with Crippen LogP contribution in [0.2, 0.25) is 0 Å². The van der Waals surface area contributed by atoms with Crippen LogP contribution >= 0.6 is 0 Å². The Bertz CT molecular complexity index is 1050. The van der Waals surface area contributed by atoms with Gasteiger partial charge in [0.05, 0.1) is 6.07 Å². The van der Waals surface area contributed by atoms with E-state index in [1.807, 2.05) is 48.7 Å². The first-order chi connectivity index (χ1) is 12.8. The fraction of sp³-hybridized carbons (Fsp3) is 0.217. The van der Waals surface area contributed by atoms with Gasteiger partial charge in [0.15, 0.2) is 0 Å². The van der Waals surface area contributed by atoms with E-state index < -0.39 is 0 Å². The van der Waals surface area contributed by atoms with E-state index in [9.17, 15) is 4.79 Å². The fourth-order valence-corrected chi connectivity index (χ4v) is 2.86. The van der Waals surface area contributed by atoms with E-state index in [2.05, 4.69) is 30.0 Å². The van der Waals surface area contributed by atoms with E-state index in [0.29, 0.717) is 24.8 Å². The maximum atomic E-state index is 12.7. The number of nitrogens with zero attached hydrogens (tertiary/aromatic N) is 2. The van der Waals surface area contributed by atoms with Crippen molar-refractivity contribution in [1.29, 1.82) is 5.26 Å². The SMILES string of the molecule is N#CCCCCn1ccc2ccc(C#CCc3ccccc3)cc2c1=O. The molecular weight excluding hydrogens is 320 g/mol. The van der Waals surface area contributed by atoms with Gasteiger partial charge in [-0.3, -0.25) is 4.79 Å². The van der Waals surface area contributed by atoms with Crippen molar-refractivity contribution in [3.63, 3.8) is 0 Å². The average Bonchev–Trinajstić information content (AvgIpc) is 2.68. The minimum absolute atomic E-state index is 0.00571. The molecule has 0 saturated heterocycles. The smallest absolute Gasteiger partial charge is 0.258 e. The quantitative estimate of drug-likeness (QED) is 0.514. The van der Waals surface area contributed by atoms with Crippen LogP contribution in [-0.2, 0) is 13.0 Å². The van der Waals surface area contributed by atoms with Gasteiger partial charge in [-0.25, -0.2) is 0 Å². The van der Waals surface area contributed by atoms with Crippen molar-refractivity contribution in [2.45, 2.75) is 32.2 Å². The normalized spacial score (nSPS) is 10.1. The van der Waals surface area contributed by atoms with Gasteiger partial charge in [-0.2, -0.15) is 5.26 Å². The first-order valence-corrected chi connectivity index (χ1v) is 8.81. The highest BCUT2D eigenvalue weighted by atomic mass is 16.1. The summed E-state index contributed by atoms with van der Waals surface area (Å²) >= 11 is 0. The largest absolute Gasteiger partial charge is 0.315 e. The van der Waals surface area contributed by atoms with Crippen molar-refractivity contribution in [3.05, 3.63) is 82.3 Å². The minimum atomic E-state index is 0.00571. The molecule has 0 atom stereocenters. The molecule has 0 amide bonds. The molecule has 0 aliphatic carbocycles. The number of aryl methyl sites for hydroxylation is 1. The van der Waals surface area contributed by atoms with Crippen LogP contribution < -0.4 is 5.56 Å². The monoisotopic (exact) mass is 340 g/mol. The molecule has 3 rings (SSSR count). The Morgan fingerprint density at radius 2 is 1.85 bits per heavy atom. The third kappa shape index (κ3) is 4.41. The van der Waals surface area contributed by atoms with E-state index in [1.165, 1.54) is 5.56 Å². The summed E-state index contributed by atoms with van der Waals surface area (Å²) in [5.74, 6) is 6.33. The van der Waals surface area contributed by atoms with Crippen molar-refractivity contribution in [1.82, 2.24) is 4.57 Å². The van der Waals surface area contributed by atoms with Gasteiger partial charge in [-0.1, -0.05) is 48.2 Å². The lowest BCUT2D eigenvalue weighted by Crippen LogP contribution is -2.19. The molecule has 128 valence electrons. The molecule has 3 heteroatoms. The third-order valence-electron chi connectivity index (χ3n) is 4.28. The predicted octanol–water partition coefficient (Wildman–Crippen LogP) is 4.29. The van der Waals surface area contributed by atoms with Crippen molar-refractivity contribution >= 4 is 10.8 Å². The molecule has 1 aromatic heterocycles. The Balaban J connectivity index is 1.80. The fourth-order valence-electron chi connectivity index (χ4n) is 2.86. The van der Waals surface area contributed by atoms with Gasteiger partial charge >= 0.3 is 0 Å². The van der Waals surface area contributed by atoms with Gasteiger partial charge in [0, 0.05) is 36.5 Å². The standard InChI is InChI=1S/C23H20N2O/c24-15-5-2-6-16-25-17-14-21-13-12-20(18-22(21)23(25)26)11-7-10-19-8-3-1-4-9-19/h1,3-4,8-9,12-14,17-18H,2,5-6,10,16H2. The van der Waals surface area contributed by atoms with Crippen LogP contribution in [0.25, 0.3) is 10.8 Å². The van der Waals surface area contributed by atoms with Crippen molar-refractivity contribution < 1.29 is 0 Å². The van der Waals surface area contributed by atoms with Gasteiger partial charge < -0.3 is 4.57 Å². The summed E-state index contributed by atoms with van der Waals surface area (Å²) in [6, 6.07) is 20.0. The van der Waals surface area contributed by atoms with Gasteiger partial charge in [-0.05, 0) is 42.0 Å². The first kappa shape index (κ1) is 17.5. The maximum Gasteiger partial charge on any atom is 0.258 e. The van der Waals surface area contributed by atoms with E-state index in [0.717, 1.165) is 23.8 Å². The lowest BCUT2D eigenvalue weighted by Gasteiger charge is -2.07. The molecule has 0 N–H and O–H groups in total. The highest BCUT2D eigenvalue weighted by Crippen LogP contribution is 2.12. The Labute approximate surface area is 153 Å². The molecule has 0 aliphatic rings. The zero-order valence-corrected chi connectivity index (χ0v) is 14.6.